The molecule has 1 amide bonds. The van der Waals surface area contributed by atoms with Crippen molar-refractivity contribution < 1.29 is 13.6 Å². The fourth-order valence-electron chi connectivity index (χ4n) is 2.15. The summed E-state index contributed by atoms with van der Waals surface area (Å²) in [6.45, 7) is 1.61. The van der Waals surface area contributed by atoms with Gasteiger partial charge in [0.1, 0.15) is 11.6 Å². The Morgan fingerprint density at radius 2 is 2.11 bits per heavy atom. The summed E-state index contributed by atoms with van der Waals surface area (Å²) in [5, 5.41) is 3.15. The van der Waals surface area contributed by atoms with Gasteiger partial charge in [0.05, 0.1) is 6.42 Å². The summed E-state index contributed by atoms with van der Waals surface area (Å²) < 4.78 is 26.9. The van der Waals surface area contributed by atoms with Crippen LogP contribution in [0.4, 0.5) is 8.78 Å². The molecule has 1 saturated heterocycles. The molecule has 3 nitrogen and oxygen atoms in total. The standard InChI is InChI=1S/C13H16F2N2O/c1-17(9-5-6-16-8-9)13(18)7-10-11(14)3-2-4-12(10)15/h2-4,9,16H,5-8H2,1H3. The zero-order chi connectivity index (χ0) is 13.1. The van der Waals surface area contributed by atoms with Gasteiger partial charge in [-0.2, -0.15) is 0 Å². The Hall–Kier alpha value is -1.49. The van der Waals surface area contributed by atoms with Crippen molar-refractivity contribution in [1.82, 2.24) is 10.2 Å². The SMILES string of the molecule is CN(C(=O)Cc1c(F)cccc1F)C1CCNC1. The number of hydrogen-bond donors (Lipinski definition) is 1. The highest BCUT2D eigenvalue weighted by molar-refractivity contribution is 5.79. The lowest BCUT2D eigenvalue weighted by Gasteiger charge is -2.24. The average Bonchev–Trinajstić information content (AvgIpc) is 2.86. The Balaban J connectivity index is 2.06. The second-order valence-corrected chi connectivity index (χ2v) is 4.53. The van der Waals surface area contributed by atoms with Gasteiger partial charge in [-0.05, 0) is 25.1 Å². The molecule has 1 aromatic carbocycles. The number of carbonyl (C=O) groups is 1. The lowest BCUT2D eigenvalue weighted by Crippen LogP contribution is -2.39. The van der Waals surface area contributed by atoms with Gasteiger partial charge in [-0.15, -0.1) is 0 Å². The van der Waals surface area contributed by atoms with E-state index in [0.717, 1.165) is 19.5 Å². The van der Waals surface area contributed by atoms with E-state index in [1.54, 1.807) is 11.9 Å². The van der Waals surface area contributed by atoms with E-state index in [0.29, 0.717) is 0 Å². The smallest absolute Gasteiger partial charge is 0.227 e. The second kappa shape index (κ2) is 5.44. The Labute approximate surface area is 105 Å². The highest BCUT2D eigenvalue weighted by Crippen LogP contribution is 2.15. The summed E-state index contributed by atoms with van der Waals surface area (Å²) in [4.78, 5) is 13.5. The van der Waals surface area contributed by atoms with Crippen molar-refractivity contribution in [3.63, 3.8) is 0 Å². The minimum atomic E-state index is -0.665. The van der Waals surface area contributed by atoms with Gasteiger partial charge in [-0.1, -0.05) is 6.07 Å². The van der Waals surface area contributed by atoms with Crippen LogP contribution in [0.5, 0.6) is 0 Å². The van der Waals surface area contributed by atoms with Crippen LogP contribution in [0.1, 0.15) is 12.0 Å². The van der Waals surface area contributed by atoms with Gasteiger partial charge >= 0.3 is 0 Å². The largest absolute Gasteiger partial charge is 0.341 e. The molecule has 1 atom stereocenters. The Morgan fingerprint density at radius 3 is 2.67 bits per heavy atom. The highest BCUT2D eigenvalue weighted by atomic mass is 19.1. The number of carbonyl (C=O) groups excluding carboxylic acids is 1. The molecule has 1 heterocycles. The number of nitrogens with one attached hydrogen (secondary N) is 1. The molecule has 2 rings (SSSR count). The van der Waals surface area contributed by atoms with Gasteiger partial charge in [-0.25, -0.2) is 8.78 Å². The molecule has 0 spiro atoms. The molecule has 1 fully saturated rings. The lowest BCUT2D eigenvalue weighted by molar-refractivity contribution is -0.131. The number of likely N-dealkylation sites (N-methyl/N-ethyl adjacent to an activating group) is 1. The summed E-state index contributed by atoms with van der Waals surface area (Å²) in [7, 11) is 1.68. The van der Waals surface area contributed by atoms with Gasteiger partial charge in [0.25, 0.3) is 0 Å². The normalized spacial score (nSPS) is 18.9. The van der Waals surface area contributed by atoms with E-state index < -0.39 is 11.6 Å². The van der Waals surface area contributed by atoms with Crippen LogP contribution in [-0.2, 0) is 11.2 Å². The molecule has 0 radical (unpaired) electrons. The van der Waals surface area contributed by atoms with Crippen molar-refractivity contribution in [2.75, 3.05) is 20.1 Å². The minimum absolute atomic E-state index is 0.118. The Kier molecular flexibility index (Phi) is 3.91. The molecule has 0 aromatic heterocycles. The summed E-state index contributed by atoms with van der Waals surface area (Å²) >= 11 is 0. The van der Waals surface area contributed by atoms with Gasteiger partial charge in [0, 0.05) is 25.2 Å². The van der Waals surface area contributed by atoms with Crippen LogP contribution < -0.4 is 5.32 Å². The molecule has 18 heavy (non-hydrogen) atoms. The number of amides is 1. The first-order chi connectivity index (χ1) is 8.59. The third-order valence-electron chi connectivity index (χ3n) is 3.37. The minimum Gasteiger partial charge on any atom is -0.341 e. The molecule has 1 N–H and O–H groups in total. The van der Waals surface area contributed by atoms with Gasteiger partial charge in [0.2, 0.25) is 5.91 Å². The molecule has 1 aromatic rings. The molecular formula is C13H16F2N2O. The Morgan fingerprint density at radius 1 is 1.44 bits per heavy atom. The fraction of sp³-hybridized carbons (Fsp3) is 0.462. The maximum absolute atomic E-state index is 13.4. The quantitative estimate of drug-likeness (QED) is 0.882. The van der Waals surface area contributed by atoms with Crippen LogP contribution in [0, 0.1) is 11.6 Å². The Bertz CT molecular complexity index is 424. The van der Waals surface area contributed by atoms with Gasteiger partial charge in [-0.3, -0.25) is 4.79 Å². The molecule has 1 unspecified atom stereocenters. The zero-order valence-corrected chi connectivity index (χ0v) is 10.2. The molecule has 1 aliphatic heterocycles. The molecule has 5 heteroatoms. The predicted molar refractivity (Wildman–Crippen MR) is 64.1 cm³/mol. The maximum atomic E-state index is 13.4. The third kappa shape index (κ3) is 2.67. The van der Waals surface area contributed by atoms with Crippen LogP contribution >= 0.6 is 0 Å². The van der Waals surface area contributed by atoms with E-state index in [1.807, 2.05) is 0 Å². The summed E-state index contributed by atoms with van der Waals surface area (Å²) in [6, 6.07) is 3.75. The van der Waals surface area contributed by atoms with Crippen molar-refractivity contribution in [3.8, 4) is 0 Å². The number of benzene rings is 1. The molecule has 1 aliphatic rings. The van der Waals surface area contributed by atoms with Crippen molar-refractivity contribution in [2.45, 2.75) is 18.9 Å². The van der Waals surface area contributed by atoms with Crippen LogP contribution in [0.2, 0.25) is 0 Å². The van der Waals surface area contributed by atoms with E-state index in [9.17, 15) is 13.6 Å². The lowest BCUT2D eigenvalue weighted by atomic mass is 10.1. The summed E-state index contributed by atoms with van der Waals surface area (Å²) in [6.07, 6.45) is 0.646. The van der Waals surface area contributed by atoms with Crippen molar-refractivity contribution in [3.05, 3.63) is 35.4 Å². The zero-order valence-electron chi connectivity index (χ0n) is 10.2. The van der Waals surface area contributed by atoms with Crippen molar-refractivity contribution in [1.29, 1.82) is 0 Å². The molecular weight excluding hydrogens is 238 g/mol. The number of halogens is 2. The first kappa shape index (κ1) is 13.0. The van der Waals surface area contributed by atoms with Crippen molar-refractivity contribution in [2.24, 2.45) is 0 Å². The topological polar surface area (TPSA) is 32.3 Å². The van der Waals surface area contributed by atoms with Gasteiger partial charge in [0.15, 0.2) is 0 Å². The summed E-state index contributed by atoms with van der Waals surface area (Å²) in [5.74, 6) is -1.59. The van der Waals surface area contributed by atoms with Crippen LogP contribution in [-0.4, -0.2) is 37.0 Å². The molecule has 0 bridgehead atoms. The van der Waals surface area contributed by atoms with E-state index in [2.05, 4.69) is 5.32 Å². The monoisotopic (exact) mass is 254 g/mol. The van der Waals surface area contributed by atoms with E-state index in [1.165, 1.54) is 18.2 Å². The van der Waals surface area contributed by atoms with Gasteiger partial charge < -0.3 is 10.2 Å². The number of nitrogens with zero attached hydrogens (tertiary/aromatic N) is 1. The first-order valence-electron chi connectivity index (χ1n) is 5.99. The van der Waals surface area contributed by atoms with E-state index in [-0.39, 0.29) is 23.9 Å². The van der Waals surface area contributed by atoms with Crippen LogP contribution in [0.3, 0.4) is 0 Å². The average molecular weight is 254 g/mol. The summed E-state index contributed by atoms with van der Waals surface area (Å²) in [5.41, 5.74) is -0.152. The van der Waals surface area contributed by atoms with E-state index >= 15 is 0 Å². The first-order valence-corrected chi connectivity index (χ1v) is 5.99. The van der Waals surface area contributed by atoms with E-state index in [4.69, 9.17) is 0 Å². The molecule has 98 valence electrons. The fourth-order valence-corrected chi connectivity index (χ4v) is 2.15. The van der Waals surface area contributed by atoms with Crippen LogP contribution in [0.15, 0.2) is 18.2 Å². The maximum Gasteiger partial charge on any atom is 0.227 e. The molecule has 0 aliphatic carbocycles. The highest BCUT2D eigenvalue weighted by Gasteiger charge is 2.24. The number of rotatable bonds is 3. The second-order valence-electron chi connectivity index (χ2n) is 4.53. The molecule has 0 saturated carbocycles. The van der Waals surface area contributed by atoms with Crippen molar-refractivity contribution >= 4 is 5.91 Å². The van der Waals surface area contributed by atoms with Crippen LogP contribution in [0.25, 0.3) is 0 Å². The predicted octanol–water partition coefficient (Wildman–Crippen LogP) is 1.33. The number of hydrogen-bond acceptors (Lipinski definition) is 2. The third-order valence-corrected chi connectivity index (χ3v) is 3.37.